The minimum absolute atomic E-state index is 0.115. The third-order valence-corrected chi connectivity index (χ3v) is 8.72. The average molecular weight is 621 g/mol. The Labute approximate surface area is 262 Å². The van der Waals surface area contributed by atoms with Crippen molar-refractivity contribution in [1.82, 2.24) is 19.4 Å². The van der Waals surface area contributed by atoms with Gasteiger partial charge in [-0.3, -0.25) is 4.79 Å². The summed E-state index contributed by atoms with van der Waals surface area (Å²) in [6.07, 6.45) is 4.00. The molecule has 2 aliphatic rings. The van der Waals surface area contributed by atoms with E-state index in [-0.39, 0.29) is 50.5 Å². The molecule has 12 heteroatoms. The highest BCUT2D eigenvalue weighted by molar-refractivity contribution is 5.98. The fraction of sp³-hybridized carbons (Fsp3) is 0.455. The van der Waals surface area contributed by atoms with E-state index in [1.807, 2.05) is 34.9 Å². The summed E-state index contributed by atoms with van der Waals surface area (Å²) >= 11 is 0. The molecule has 240 valence electrons. The molecular weight excluding hydrogens is 580 g/mol. The van der Waals surface area contributed by atoms with Gasteiger partial charge in [-0.2, -0.15) is 0 Å². The number of aromatic nitrogens is 2. The van der Waals surface area contributed by atoms with Crippen LogP contribution >= 0.6 is 0 Å². The highest BCUT2D eigenvalue weighted by Gasteiger charge is 2.43. The van der Waals surface area contributed by atoms with Gasteiger partial charge in [0, 0.05) is 38.7 Å². The zero-order valence-corrected chi connectivity index (χ0v) is 25.6. The van der Waals surface area contributed by atoms with E-state index in [1.165, 1.54) is 12.0 Å². The van der Waals surface area contributed by atoms with Crippen LogP contribution in [0, 0.1) is 0 Å². The first kappa shape index (κ1) is 32.0. The summed E-state index contributed by atoms with van der Waals surface area (Å²) in [7, 11) is 2.88. The molecule has 1 aliphatic carbocycles. The van der Waals surface area contributed by atoms with Crippen LogP contribution in [-0.4, -0.2) is 106 Å². The lowest BCUT2D eigenvalue weighted by Crippen LogP contribution is -2.56. The number of piperazine rings is 1. The summed E-state index contributed by atoms with van der Waals surface area (Å²) in [5.74, 6) is -0.339. The van der Waals surface area contributed by atoms with Gasteiger partial charge < -0.3 is 38.8 Å². The van der Waals surface area contributed by atoms with Crippen LogP contribution in [0.2, 0.25) is 0 Å². The van der Waals surface area contributed by atoms with Gasteiger partial charge in [0.05, 0.1) is 50.0 Å². The molecule has 0 radical (unpaired) electrons. The maximum atomic E-state index is 14.4. The number of carboxylic acid groups (broad SMARTS) is 1. The van der Waals surface area contributed by atoms with Crippen molar-refractivity contribution < 1.29 is 38.8 Å². The van der Waals surface area contributed by atoms with Gasteiger partial charge in [-0.15, -0.1) is 0 Å². The minimum Gasteiger partial charge on any atom is -0.493 e. The molecule has 45 heavy (non-hydrogen) atoms. The monoisotopic (exact) mass is 620 g/mol. The normalized spacial score (nSPS) is 21.8. The quantitative estimate of drug-likeness (QED) is 0.320. The van der Waals surface area contributed by atoms with Gasteiger partial charge >= 0.3 is 12.1 Å². The van der Waals surface area contributed by atoms with Crippen LogP contribution in [0.1, 0.15) is 59.0 Å². The molecule has 1 aromatic heterocycles. The Bertz CT molecular complexity index is 1490. The van der Waals surface area contributed by atoms with Crippen molar-refractivity contribution in [3.05, 3.63) is 72.2 Å². The molecule has 2 fully saturated rings. The number of ether oxygens (including phenoxy) is 3. The van der Waals surface area contributed by atoms with E-state index in [2.05, 4.69) is 4.98 Å². The van der Waals surface area contributed by atoms with Crippen molar-refractivity contribution in [3.8, 4) is 17.0 Å². The maximum Gasteiger partial charge on any atom is 0.407 e. The van der Waals surface area contributed by atoms with Crippen LogP contribution in [-0.2, 0) is 9.47 Å². The van der Waals surface area contributed by atoms with Gasteiger partial charge in [0.1, 0.15) is 11.4 Å². The molecule has 0 unspecified atom stereocenters. The van der Waals surface area contributed by atoms with Crippen LogP contribution in [0.3, 0.4) is 0 Å². The lowest BCUT2D eigenvalue weighted by atomic mass is 9.80. The molecule has 3 atom stereocenters. The molecule has 2 aromatic carbocycles. The standard InChI is InChI=1S/C33H40N4O8/c1-43-21-33(42)15-7-6-13-27(33)37-22-34-28(29(37)23-9-4-3-5-10-23)30(38)36-17-16-35(32(40)41)20-25(36)14-18-45-26-12-8-11-24(19-26)31(39)44-2/h3-5,8-12,19,22,25,27,42H,6-7,13-18,20-21H2,1-2H3,(H,40,41)/t25-,27-,33-/m1/s1. The van der Waals surface area contributed by atoms with Crippen molar-refractivity contribution in [2.75, 3.05) is 47.1 Å². The number of carbonyl (C=O) groups is 3. The number of amides is 2. The van der Waals surface area contributed by atoms with Crippen molar-refractivity contribution in [3.63, 3.8) is 0 Å². The molecule has 1 saturated heterocycles. The minimum atomic E-state index is -1.12. The van der Waals surface area contributed by atoms with E-state index in [9.17, 15) is 24.6 Å². The fourth-order valence-corrected chi connectivity index (χ4v) is 6.48. The average Bonchev–Trinajstić information content (AvgIpc) is 3.49. The smallest absolute Gasteiger partial charge is 0.407 e. The number of rotatable bonds is 10. The third kappa shape index (κ3) is 6.97. The van der Waals surface area contributed by atoms with Gasteiger partial charge in [0.25, 0.3) is 5.91 Å². The number of aliphatic hydroxyl groups is 1. The Hall–Kier alpha value is -4.42. The summed E-state index contributed by atoms with van der Waals surface area (Å²) < 4.78 is 18.0. The van der Waals surface area contributed by atoms with E-state index >= 15 is 0 Å². The SMILES string of the molecule is COC[C@]1(O)CCCC[C@H]1n1cnc(C(=O)N2CCN(C(=O)O)C[C@H]2CCOc2cccc(C(=O)OC)c2)c1-c1ccccc1. The van der Waals surface area contributed by atoms with Crippen molar-refractivity contribution in [2.45, 2.75) is 49.8 Å². The van der Waals surface area contributed by atoms with Gasteiger partial charge in [-0.05, 0) is 31.0 Å². The van der Waals surface area contributed by atoms with Crippen molar-refractivity contribution in [1.29, 1.82) is 0 Å². The van der Waals surface area contributed by atoms with Gasteiger partial charge in [-0.25, -0.2) is 14.6 Å². The van der Waals surface area contributed by atoms with Gasteiger partial charge in [0.15, 0.2) is 5.69 Å². The first-order valence-electron chi connectivity index (χ1n) is 15.2. The largest absolute Gasteiger partial charge is 0.493 e. The molecule has 3 aromatic rings. The summed E-state index contributed by atoms with van der Waals surface area (Å²) in [4.78, 5) is 45.8. The highest BCUT2D eigenvalue weighted by atomic mass is 16.5. The lowest BCUT2D eigenvalue weighted by molar-refractivity contribution is -0.0893. The van der Waals surface area contributed by atoms with Crippen molar-refractivity contribution >= 4 is 18.0 Å². The molecular formula is C33H40N4O8. The molecule has 2 heterocycles. The maximum absolute atomic E-state index is 14.4. The number of imidazole rings is 1. The van der Waals surface area contributed by atoms with E-state index in [0.29, 0.717) is 36.3 Å². The lowest BCUT2D eigenvalue weighted by Gasteiger charge is -2.41. The Balaban J connectivity index is 1.43. The second-order valence-electron chi connectivity index (χ2n) is 11.6. The van der Waals surface area contributed by atoms with Gasteiger partial charge in [-0.1, -0.05) is 49.2 Å². The molecule has 0 spiro atoms. The molecule has 2 amide bonds. The summed E-state index contributed by atoms with van der Waals surface area (Å²) in [5.41, 5.74) is 0.874. The number of carbonyl (C=O) groups excluding carboxylic acids is 2. The van der Waals surface area contributed by atoms with Gasteiger partial charge in [0.2, 0.25) is 0 Å². The third-order valence-electron chi connectivity index (χ3n) is 8.72. The van der Waals surface area contributed by atoms with E-state index in [4.69, 9.17) is 14.2 Å². The molecule has 1 aliphatic heterocycles. The van der Waals surface area contributed by atoms with E-state index in [0.717, 1.165) is 18.4 Å². The van der Waals surface area contributed by atoms with Crippen LogP contribution in [0.15, 0.2) is 60.9 Å². The topological polar surface area (TPSA) is 144 Å². The zero-order chi connectivity index (χ0) is 32.0. The number of nitrogens with zero attached hydrogens (tertiary/aromatic N) is 4. The molecule has 0 bridgehead atoms. The summed E-state index contributed by atoms with van der Waals surface area (Å²) in [6, 6.07) is 15.3. The predicted octanol–water partition coefficient (Wildman–Crippen LogP) is 4.10. The highest BCUT2D eigenvalue weighted by Crippen LogP contribution is 2.41. The Morgan fingerprint density at radius 3 is 2.58 bits per heavy atom. The number of hydrogen-bond acceptors (Lipinski definition) is 8. The number of methoxy groups -OCH3 is 2. The van der Waals surface area contributed by atoms with Crippen LogP contribution in [0.5, 0.6) is 5.75 Å². The Morgan fingerprint density at radius 1 is 1.04 bits per heavy atom. The Kier molecular flexibility index (Phi) is 10.0. The second-order valence-corrected chi connectivity index (χ2v) is 11.6. The molecule has 5 rings (SSSR count). The second kappa shape index (κ2) is 14.1. The first-order chi connectivity index (χ1) is 21.8. The Morgan fingerprint density at radius 2 is 1.84 bits per heavy atom. The molecule has 12 nitrogen and oxygen atoms in total. The number of esters is 1. The fourth-order valence-electron chi connectivity index (χ4n) is 6.48. The summed E-state index contributed by atoms with van der Waals surface area (Å²) in [6.45, 7) is 0.806. The van der Waals surface area contributed by atoms with Crippen LogP contribution in [0.25, 0.3) is 11.3 Å². The first-order valence-corrected chi connectivity index (χ1v) is 15.2. The summed E-state index contributed by atoms with van der Waals surface area (Å²) in [5, 5.41) is 21.4. The number of benzene rings is 2. The van der Waals surface area contributed by atoms with Crippen LogP contribution in [0.4, 0.5) is 4.79 Å². The van der Waals surface area contributed by atoms with Crippen molar-refractivity contribution in [2.24, 2.45) is 0 Å². The zero-order valence-electron chi connectivity index (χ0n) is 25.6. The van der Waals surface area contributed by atoms with E-state index in [1.54, 1.807) is 42.6 Å². The predicted molar refractivity (Wildman–Crippen MR) is 164 cm³/mol. The number of hydrogen-bond donors (Lipinski definition) is 2. The molecule has 2 N–H and O–H groups in total. The van der Waals surface area contributed by atoms with E-state index < -0.39 is 23.7 Å². The molecule has 1 saturated carbocycles. The van der Waals surface area contributed by atoms with Crippen LogP contribution < -0.4 is 4.74 Å².